The van der Waals surface area contributed by atoms with Crippen LogP contribution in [0.4, 0.5) is 0 Å². The molecule has 0 saturated carbocycles. The number of likely N-dealkylation sites (N-methyl/N-ethyl adjacent to an activating group) is 4. The summed E-state index contributed by atoms with van der Waals surface area (Å²) in [5.74, 6) is -8.16. The van der Waals surface area contributed by atoms with Gasteiger partial charge >= 0.3 is 11.9 Å². The van der Waals surface area contributed by atoms with Crippen molar-refractivity contribution in [2.45, 2.75) is 310 Å². The van der Waals surface area contributed by atoms with E-state index in [2.05, 4.69) is 57.3 Å². The maximum Gasteiger partial charge on any atom is 0.328 e. The molecule has 2 aliphatic heterocycles. The molecule has 2 heterocycles. The number of rotatable bonds is 62. The average molecular weight is 1960 g/mol. The quantitative estimate of drug-likeness (QED) is 0.0149. The molecular weight excluding hydrogens is 1800 g/mol. The first-order valence-electron chi connectivity index (χ1n) is 48.7. The van der Waals surface area contributed by atoms with Gasteiger partial charge in [0.2, 0.25) is 70.9 Å². The van der Waals surface area contributed by atoms with Gasteiger partial charge in [0.05, 0.1) is 111 Å². The molecule has 12 amide bonds. The number of likely N-dealkylation sites (tertiary alicyclic amines) is 2. The van der Waals surface area contributed by atoms with Gasteiger partial charge in [-0.05, 0) is 120 Å². The Kier molecular flexibility index (Phi) is 56.0. The molecule has 2 saturated heterocycles. The molecule has 0 spiro atoms. The normalized spacial score (nSPS) is 18.0. The van der Waals surface area contributed by atoms with E-state index in [9.17, 15) is 76.7 Å². The summed E-state index contributed by atoms with van der Waals surface area (Å²) in [6, 6.07) is 9.89. The molecular formula is C99H166N16O24. The van der Waals surface area contributed by atoms with Crippen LogP contribution in [0.1, 0.15) is 199 Å². The van der Waals surface area contributed by atoms with Crippen LogP contribution < -0.4 is 59.3 Å². The number of esters is 2. The topological polar surface area (TPSA) is 523 Å². The molecule has 2 aromatic carbocycles. The van der Waals surface area contributed by atoms with Crippen LogP contribution in [0.3, 0.4) is 0 Å². The van der Waals surface area contributed by atoms with Crippen molar-refractivity contribution in [1.29, 1.82) is 0 Å². The molecule has 0 aliphatic carbocycles. The first-order chi connectivity index (χ1) is 65.7. The number of nitrogens with zero attached hydrogens (tertiary/aromatic N) is 5. The zero-order valence-electron chi connectivity index (χ0n) is 86.8. The number of carbonyl (C=O) groups is 16. The van der Waals surface area contributed by atoms with E-state index in [0.29, 0.717) is 51.6 Å². The Morgan fingerprint density at radius 3 is 1.10 bits per heavy atom. The number of nitrogens with one attached hydrogen (secondary N) is 9. The summed E-state index contributed by atoms with van der Waals surface area (Å²) in [7, 11) is 14.8. The number of carbonyl (C=O) groups excluding carboxylic acids is 16. The standard InChI is InChI=1S/C50H84N8O12.C49H82N8O12/c1-14-32(6)44(57(11)49(65)42(30(2)3)55-48(64)43(31(4)5)56(9)10)38(67-12)27-41(61)58-24-18-22-37(58)45(68-13)33(7)46(62)54-36(26-35-20-16-15-17-21-35)47(63)52-23-19-25-69-50(66)34(8)53-40(60)28-39(51)70-29-59;1-13-31(6)43(56(10)48(64)42(30(4)5)55-47(63)41(51-9)29(2)3)37(66-11)26-40(60)57-23-17-21-36(57)44(67-12)32(7)45(61)54-35(25-34-19-15-14-16-20-34)46(62)52-22-18-24-68-49(65)33(8)53-39(59)27-38(50)69-28-58/h15-17,20-21,29-34,36-39,42-45H,14,18-19,22-28,51H2,1-13H3,(H,52,63)(H,53,60)(H,54,62)(H,55,64);14-16,19-20,28-33,35-38,41-44,51H,13,17-18,21-27,50H2,1-12H3,(H,52,62)(H,53,59)(H,54,61)(H,55,63)/t32-,33+,34-,36-,37-,38+,39?,42-,43-,44-,45+;31-,32+,33-,35-,36-,37+,38?,41-,42-,43-,44+/m00/s1. The molecule has 40 heteroatoms. The third-order valence-corrected chi connectivity index (χ3v) is 26.0. The molecule has 40 nitrogen and oxygen atoms in total. The maximum absolute atomic E-state index is 14.4. The Morgan fingerprint density at radius 1 is 0.446 bits per heavy atom. The molecule has 2 aliphatic rings. The number of methoxy groups -OCH3 is 4. The van der Waals surface area contributed by atoms with Crippen LogP contribution in [0, 0.1) is 47.3 Å². The Balaban J connectivity index is 0.000000715. The lowest BCUT2D eigenvalue weighted by Crippen LogP contribution is -2.59. The van der Waals surface area contributed by atoms with Crippen molar-refractivity contribution in [3.05, 3.63) is 71.8 Å². The first-order valence-corrected chi connectivity index (χ1v) is 48.7. The fourth-order valence-corrected chi connectivity index (χ4v) is 17.9. The highest BCUT2D eigenvalue weighted by atomic mass is 16.6. The fraction of sp³-hybridized carbons (Fsp3) is 0.717. The largest absolute Gasteiger partial charge is 0.464 e. The summed E-state index contributed by atoms with van der Waals surface area (Å²) in [6.07, 6.45) is -1.28. The summed E-state index contributed by atoms with van der Waals surface area (Å²) in [5, 5.41) is 25.3. The van der Waals surface area contributed by atoms with E-state index in [0.717, 1.165) is 11.1 Å². The van der Waals surface area contributed by atoms with E-state index in [4.69, 9.17) is 39.9 Å². The van der Waals surface area contributed by atoms with Crippen LogP contribution in [-0.2, 0) is 127 Å². The number of benzene rings is 2. The lowest BCUT2D eigenvalue weighted by molar-refractivity contribution is -0.148. The van der Waals surface area contributed by atoms with Crippen molar-refractivity contribution in [2.24, 2.45) is 58.8 Å². The average Bonchev–Trinajstić information content (AvgIpc) is 1.70. The van der Waals surface area contributed by atoms with Crippen molar-refractivity contribution in [3.63, 3.8) is 0 Å². The number of ether oxygens (including phenoxy) is 8. The highest BCUT2D eigenvalue weighted by Gasteiger charge is 2.47. The second kappa shape index (κ2) is 63.4. The summed E-state index contributed by atoms with van der Waals surface area (Å²) in [6.45, 7) is 30.8. The van der Waals surface area contributed by atoms with Crippen LogP contribution in [-0.4, -0.2) is 333 Å². The SMILES string of the molecule is CC[C@H](C)[C@@H]([C@@H](CC(=O)N1CCC[C@H]1[C@H](OC)[C@@H](C)C(=O)N[C@@H](Cc1ccccc1)C(=O)NCCCOC(=O)[C@H](C)NC(=O)CC(N)OC=O)OC)N(C)C(=O)[C@@H](NC(=O)[C@@H](NC)C(C)C)C(C)C.CC[C@H](C)[C@@H]([C@@H](CC(=O)N1CCC[C@H]1[C@H](OC)[C@@H](C)C(=O)N[C@@H](Cc1ccccc1)C(=O)NCCCOC(=O)[C@H](C)NC(=O)CC(N)OC=O)OC)N(C)C(=O)[C@@H](NC(=O)[C@H](C(C)C)N(C)C)C(C)C. The number of amides is 12. The summed E-state index contributed by atoms with van der Waals surface area (Å²) in [4.78, 5) is 218. The van der Waals surface area contributed by atoms with E-state index in [1.54, 1.807) is 54.6 Å². The van der Waals surface area contributed by atoms with Crippen molar-refractivity contribution >= 4 is 95.8 Å². The Hall–Kier alpha value is -10.4. The van der Waals surface area contributed by atoms with E-state index in [-0.39, 0.29) is 162 Å². The van der Waals surface area contributed by atoms with Crippen LogP contribution in [0.5, 0.6) is 0 Å². The van der Waals surface area contributed by atoms with Crippen LogP contribution in [0.25, 0.3) is 0 Å². The van der Waals surface area contributed by atoms with Crippen molar-refractivity contribution < 1.29 is 115 Å². The Morgan fingerprint density at radius 2 is 0.799 bits per heavy atom. The second-order valence-electron chi connectivity index (χ2n) is 38.0. The van der Waals surface area contributed by atoms with Crippen molar-refractivity contribution in [1.82, 2.24) is 72.4 Å². The molecule has 13 N–H and O–H groups in total. The lowest BCUT2D eigenvalue weighted by atomic mass is 9.89. The van der Waals surface area contributed by atoms with Crippen LogP contribution in [0.15, 0.2) is 60.7 Å². The fourth-order valence-electron chi connectivity index (χ4n) is 17.9. The van der Waals surface area contributed by atoms with E-state index in [1.165, 1.54) is 42.3 Å². The summed E-state index contributed by atoms with van der Waals surface area (Å²) < 4.78 is 43.6. The summed E-state index contributed by atoms with van der Waals surface area (Å²) >= 11 is 0. The molecule has 2 unspecified atom stereocenters. The highest BCUT2D eigenvalue weighted by Crippen LogP contribution is 2.33. The van der Waals surface area contributed by atoms with Gasteiger partial charge in [0.25, 0.3) is 12.9 Å². The number of nitrogens with two attached hydrogens (primary N) is 2. The third kappa shape index (κ3) is 39.6. The predicted molar refractivity (Wildman–Crippen MR) is 522 cm³/mol. The first kappa shape index (κ1) is 123. The highest BCUT2D eigenvalue weighted by molar-refractivity contribution is 5.93. The zero-order valence-corrected chi connectivity index (χ0v) is 86.8. The minimum absolute atomic E-state index is 0.00426. The van der Waals surface area contributed by atoms with Gasteiger partial charge in [-0.2, -0.15) is 0 Å². The minimum Gasteiger partial charge on any atom is -0.464 e. The van der Waals surface area contributed by atoms with Gasteiger partial charge in [0.15, 0.2) is 12.5 Å². The monoisotopic (exact) mass is 1960 g/mol. The van der Waals surface area contributed by atoms with Gasteiger partial charge in [0, 0.05) is 81.6 Å². The van der Waals surface area contributed by atoms with Gasteiger partial charge in [-0.3, -0.25) is 83.5 Å². The molecule has 4 rings (SSSR count). The van der Waals surface area contributed by atoms with Gasteiger partial charge in [-0.15, -0.1) is 0 Å². The zero-order chi connectivity index (χ0) is 105. The molecule has 0 radical (unpaired) electrons. The predicted octanol–water partition coefficient (Wildman–Crippen LogP) is 3.18. The smallest absolute Gasteiger partial charge is 0.328 e. The van der Waals surface area contributed by atoms with E-state index in [1.807, 2.05) is 163 Å². The number of hydrogen-bond acceptors (Lipinski definition) is 28. The van der Waals surface area contributed by atoms with E-state index >= 15 is 0 Å². The molecule has 786 valence electrons. The molecule has 2 fully saturated rings. The van der Waals surface area contributed by atoms with Gasteiger partial charge < -0.3 is 105 Å². The summed E-state index contributed by atoms with van der Waals surface area (Å²) in [5.41, 5.74) is 12.6. The van der Waals surface area contributed by atoms with Gasteiger partial charge in [-0.25, -0.2) is 9.59 Å². The van der Waals surface area contributed by atoms with Crippen LogP contribution in [0.2, 0.25) is 0 Å². The molecule has 0 aromatic heterocycles. The molecule has 0 bridgehead atoms. The molecule has 22 atom stereocenters. The van der Waals surface area contributed by atoms with Crippen molar-refractivity contribution in [2.75, 3.05) is 103 Å². The van der Waals surface area contributed by atoms with Crippen LogP contribution >= 0.6 is 0 Å². The van der Waals surface area contributed by atoms with E-state index < -0.39 is 169 Å². The minimum atomic E-state index is -1.15. The van der Waals surface area contributed by atoms with Crippen molar-refractivity contribution in [3.8, 4) is 0 Å². The number of hydrogen-bond donors (Lipinski definition) is 11. The Labute approximate surface area is 822 Å². The van der Waals surface area contributed by atoms with Gasteiger partial charge in [0.1, 0.15) is 36.3 Å². The Bertz CT molecular complexity index is 4150. The molecule has 139 heavy (non-hydrogen) atoms. The second-order valence-corrected chi connectivity index (χ2v) is 38.0. The third-order valence-electron chi connectivity index (χ3n) is 26.0. The van der Waals surface area contributed by atoms with Gasteiger partial charge in [-0.1, -0.05) is 170 Å². The lowest BCUT2D eigenvalue weighted by Gasteiger charge is -2.41. The molecule has 2 aromatic rings. The maximum atomic E-state index is 14.4.